The molecule has 2 rings (SSSR count). The number of nitrogens with one attached hydrogen (secondary N) is 1. The van der Waals surface area contributed by atoms with Gasteiger partial charge in [0.25, 0.3) is 0 Å². The fraction of sp³-hybridized carbons (Fsp3) is 0.357. The van der Waals surface area contributed by atoms with E-state index in [1.165, 1.54) is 10.4 Å². The van der Waals surface area contributed by atoms with Crippen LogP contribution in [0.1, 0.15) is 30.3 Å². The van der Waals surface area contributed by atoms with E-state index >= 15 is 0 Å². The molecule has 0 spiro atoms. The minimum Gasteiger partial charge on any atom is -0.491 e. The second-order valence-corrected chi connectivity index (χ2v) is 5.28. The summed E-state index contributed by atoms with van der Waals surface area (Å²) < 4.78 is 5.73. The van der Waals surface area contributed by atoms with Crippen molar-refractivity contribution in [3.8, 4) is 5.75 Å². The highest BCUT2D eigenvalue weighted by atomic mass is 32.1. The summed E-state index contributed by atoms with van der Waals surface area (Å²) in [6.45, 7) is 4.07. The van der Waals surface area contributed by atoms with Crippen molar-refractivity contribution in [1.29, 1.82) is 0 Å². The molecule has 1 unspecified atom stereocenters. The summed E-state index contributed by atoms with van der Waals surface area (Å²) >= 11 is 1.66. The second-order valence-electron chi connectivity index (χ2n) is 4.36. The Kier molecular flexibility index (Phi) is 4.33. The van der Waals surface area contributed by atoms with E-state index in [9.17, 15) is 0 Å². The zero-order valence-corrected chi connectivity index (χ0v) is 11.7. The summed E-state index contributed by atoms with van der Waals surface area (Å²) in [6.07, 6.45) is 2.10. The molecule has 1 aromatic heterocycles. The Balaban J connectivity index is 2.26. The molecule has 18 heavy (non-hydrogen) atoms. The number of ether oxygens (including phenoxy) is 1. The maximum atomic E-state index is 5.73. The van der Waals surface area contributed by atoms with Crippen molar-refractivity contribution in [2.45, 2.75) is 26.0 Å². The molecule has 4 heteroatoms. The van der Waals surface area contributed by atoms with E-state index in [1.54, 1.807) is 11.3 Å². The quantitative estimate of drug-likeness (QED) is 0.898. The fourth-order valence-corrected chi connectivity index (χ4v) is 2.64. The van der Waals surface area contributed by atoms with Crippen LogP contribution in [-0.2, 0) is 0 Å². The third kappa shape index (κ3) is 3.09. The Bertz CT molecular complexity index is 482. The molecule has 3 nitrogen and oxygen atoms in total. The lowest BCUT2D eigenvalue weighted by Crippen LogP contribution is -2.16. The number of benzene rings is 1. The number of aromatic nitrogens is 1. The van der Waals surface area contributed by atoms with Gasteiger partial charge in [0, 0.05) is 11.1 Å². The van der Waals surface area contributed by atoms with E-state index in [4.69, 9.17) is 4.74 Å². The first kappa shape index (κ1) is 13.1. The molecule has 0 aliphatic heterocycles. The number of thiazole rings is 1. The largest absolute Gasteiger partial charge is 0.491 e. The summed E-state index contributed by atoms with van der Waals surface area (Å²) in [5.41, 5.74) is 3.05. The van der Waals surface area contributed by atoms with Gasteiger partial charge >= 0.3 is 0 Å². The standard InChI is InChI=1S/C14H18N2OS/c1-10(2)17-12-6-4-5-11(7-12)14(15-3)13-8-16-9-18-13/h4-10,14-15H,1-3H3. The van der Waals surface area contributed by atoms with Crippen LogP contribution in [-0.4, -0.2) is 18.1 Å². The van der Waals surface area contributed by atoms with E-state index < -0.39 is 0 Å². The van der Waals surface area contributed by atoms with Gasteiger partial charge in [-0.2, -0.15) is 0 Å². The monoisotopic (exact) mass is 262 g/mol. The Morgan fingerprint density at radius 1 is 1.33 bits per heavy atom. The van der Waals surface area contributed by atoms with Gasteiger partial charge in [0.1, 0.15) is 5.75 Å². The molecule has 0 amide bonds. The van der Waals surface area contributed by atoms with Crippen LogP contribution in [0.2, 0.25) is 0 Å². The number of nitrogens with zero attached hydrogens (tertiary/aromatic N) is 1. The summed E-state index contributed by atoms with van der Waals surface area (Å²) in [5, 5.41) is 3.32. The Hall–Kier alpha value is -1.39. The first-order valence-electron chi connectivity index (χ1n) is 6.03. The molecule has 0 saturated heterocycles. The topological polar surface area (TPSA) is 34.1 Å². The van der Waals surface area contributed by atoms with Crippen LogP contribution in [0.3, 0.4) is 0 Å². The van der Waals surface area contributed by atoms with Gasteiger partial charge in [-0.15, -0.1) is 11.3 Å². The van der Waals surface area contributed by atoms with Crippen molar-refractivity contribution in [2.24, 2.45) is 0 Å². The van der Waals surface area contributed by atoms with Crippen LogP contribution in [0.4, 0.5) is 0 Å². The highest BCUT2D eigenvalue weighted by molar-refractivity contribution is 7.09. The van der Waals surface area contributed by atoms with Gasteiger partial charge in [0.2, 0.25) is 0 Å². The second kappa shape index (κ2) is 5.98. The van der Waals surface area contributed by atoms with Gasteiger partial charge in [-0.1, -0.05) is 12.1 Å². The number of rotatable bonds is 5. The third-order valence-corrected chi connectivity index (χ3v) is 3.43. The van der Waals surface area contributed by atoms with Gasteiger partial charge < -0.3 is 10.1 Å². The molecule has 1 atom stereocenters. The molecular weight excluding hydrogens is 244 g/mol. The molecule has 1 N–H and O–H groups in total. The zero-order chi connectivity index (χ0) is 13.0. The predicted octanol–water partition coefficient (Wildman–Crippen LogP) is 3.24. The third-order valence-electron chi connectivity index (χ3n) is 2.59. The molecule has 0 fully saturated rings. The van der Waals surface area contributed by atoms with Gasteiger partial charge in [0.05, 0.1) is 17.7 Å². The van der Waals surface area contributed by atoms with Gasteiger partial charge in [0.15, 0.2) is 0 Å². The average molecular weight is 262 g/mol. The lowest BCUT2D eigenvalue weighted by Gasteiger charge is -2.16. The van der Waals surface area contributed by atoms with Crippen LogP contribution in [0.25, 0.3) is 0 Å². The van der Waals surface area contributed by atoms with Crippen LogP contribution in [0.5, 0.6) is 5.75 Å². The average Bonchev–Trinajstić information content (AvgIpc) is 2.83. The van der Waals surface area contributed by atoms with E-state index in [1.807, 2.05) is 44.7 Å². The van der Waals surface area contributed by atoms with Gasteiger partial charge in [-0.05, 0) is 38.6 Å². The van der Waals surface area contributed by atoms with E-state index in [0.29, 0.717) is 0 Å². The fourth-order valence-electron chi connectivity index (χ4n) is 1.88. The summed E-state index contributed by atoms with van der Waals surface area (Å²) in [7, 11) is 1.96. The Morgan fingerprint density at radius 2 is 2.17 bits per heavy atom. The Labute approximate surface area is 112 Å². The first-order chi connectivity index (χ1) is 8.70. The minimum atomic E-state index is 0.174. The lowest BCUT2D eigenvalue weighted by molar-refractivity contribution is 0.242. The SMILES string of the molecule is CNC(c1cccc(OC(C)C)c1)c1cncs1. The number of hydrogen-bond donors (Lipinski definition) is 1. The molecule has 0 aliphatic rings. The maximum absolute atomic E-state index is 5.73. The molecule has 96 valence electrons. The van der Waals surface area contributed by atoms with Crippen molar-refractivity contribution < 1.29 is 4.74 Å². The predicted molar refractivity (Wildman–Crippen MR) is 75.2 cm³/mol. The molecule has 0 saturated carbocycles. The molecular formula is C14H18N2OS. The van der Waals surface area contributed by atoms with Crippen molar-refractivity contribution in [1.82, 2.24) is 10.3 Å². The first-order valence-corrected chi connectivity index (χ1v) is 6.91. The van der Waals surface area contributed by atoms with E-state index in [2.05, 4.69) is 22.4 Å². The minimum absolute atomic E-state index is 0.174. The van der Waals surface area contributed by atoms with Crippen molar-refractivity contribution in [3.05, 3.63) is 46.4 Å². The van der Waals surface area contributed by atoms with E-state index in [0.717, 1.165) is 5.75 Å². The van der Waals surface area contributed by atoms with Crippen LogP contribution >= 0.6 is 11.3 Å². The molecule has 2 aromatic rings. The molecule has 1 aromatic carbocycles. The van der Waals surface area contributed by atoms with Crippen LogP contribution in [0, 0.1) is 0 Å². The van der Waals surface area contributed by atoms with Crippen molar-refractivity contribution >= 4 is 11.3 Å². The zero-order valence-electron chi connectivity index (χ0n) is 10.9. The van der Waals surface area contributed by atoms with Gasteiger partial charge in [-0.3, -0.25) is 4.98 Å². The highest BCUT2D eigenvalue weighted by Gasteiger charge is 2.14. The van der Waals surface area contributed by atoms with Crippen molar-refractivity contribution in [2.75, 3.05) is 7.05 Å². The van der Waals surface area contributed by atoms with E-state index in [-0.39, 0.29) is 12.1 Å². The molecule has 0 bridgehead atoms. The highest BCUT2D eigenvalue weighted by Crippen LogP contribution is 2.27. The normalized spacial score (nSPS) is 12.7. The summed E-state index contributed by atoms with van der Waals surface area (Å²) in [5.74, 6) is 0.910. The number of hydrogen-bond acceptors (Lipinski definition) is 4. The molecule has 0 aliphatic carbocycles. The summed E-state index contributed by atoms with van der Waals surface area (Å²) in [4.78, 5) is 5.34. The summed E-state index contributed by atoms with van der Waals surface area (Å²) in [6, 6.07) is 8.38. The van der Waals surface area contributed by atoms with Gasteiger partial charge in [-0.25, -0.2) is 0 Å². The van der Waals surface area contributed by atoms with Crippen molar-refractivity contribution in [3.63, 3.8) is 0 Å². The molecule has 1 heterocycles. The van der Waals surface area contributed by atoms with Crippen LogP contribution in [0.15, 0.2) is 36.0 Å². The maximum Gasteiger partial charge on any atom is 0.120 e. The molecule has 0 radical (unpaired) electrons. The Morgan fingerprint density at radius 3 is 2.78 bits per heavy atom. The smallest absolute Gasteiger partial charge is 0.120 e. The van der Waals surface area contributed by atoms with Crippen LogP contribution < -0.4 is 10.1 Å². The lowest BCUT2D eigenvalue weighted by atomic mass is 10.1.